The average molecular weight is 430 g/mol. The molecule has 2 aromatic carbocycles. The third-order valence-corrected chi connectivity index (χ3v) is 4.58. The van der Waals surface area contributed by atoms with Crippen LogP contribution in [0.25, 0.3) is 11.6 Å². The highest BCUT2D eigenvalue weighted by atomic mass is 19.1. The van der Waals surface area contributed by atoms with E-state index in [1.54, 1.807) is 56.1 Å². The van der Waals surface area contributed by atoms with Crippen LogP contribution < -0.4 is 20.3 Å². The molecular formula is C23H27FN2O5. The van der Waals surface area contributed by atoms with Crippen LogP contribution in [0.2, 0.25) is 0 Å². The molecule has 7 nitrogen and oxygen atoms in total. The van der Waals surface area contributed by atoms with Crippen molar-refractivity contribution < 1.29 is 28.7 Å². The molecule has 0 bridgehead atoms. The molecule has 0 unspecified atom stereocenters. The molecule has 0 aromatic heterocycles. The molecule has 166 valence electrons. The van der Waals surface area contributed by atoms with Crippen LogP contribution in [-0.4, -0.2) is 37.8 Å². The molecule has 0 saturated heterocycles. The number of hydroxylamine groups is 1. The largest absolute Gasteiger partial charge is 0.497 e. The SMILES string of the molecule is COc1cc(C=C(C(=O)NCCCCCC(=O)NO)c2ccc(F)cc2)cc(OC)c1. The summed E-state index contributed by atoms with van der Waals surface area (Å²) in [4.78, 5) is 23.9. The first kappa shape index (κ1) is 23.9. The van der Waals surface area contributed by atoms with E-state index in [1.165, 1.54) is 12.1 Å². The van der Waals surface area contributed by atoms with Crippen LogP contribution in [-0.2, 0) is 9.59 Å². The number of ether oxygens (including phenoxy) is 2. The van der Waals surface area contributed by atoms with Gasteiger partial charge in [0.25, 0.3) is 5.91 Å². The number of methoxy groups -OCH3 is 2. The van der Waals surface area contributed by atoms with E-state index in [2.05, 4.69) is 5.32 Å². The lowest BCUT2D eigenvalue weighted by Gasteiger charge is -2.11. The van der Waals surface area contributed by atoms with Gasteiger partial charge in [0.1, 0.15) is 17.3 Å². The lowest BCUT2D eigenvalue weighted by atomic mass is 10.0. The van der Waals surface area contributed by atoms with Gasteiger partial charge in [-0.15, -0.1) is 0 Å². The molecule has 0 atom stereocenters. The molecule has 8 heteroatoms. The smallest absolute Gasteiger partial charge is 0.251 e. The first-order chi connectivity index (χ1) is 15.0. The van der Waals surface area contributed by atoms with Crippen LogP contribution in [0.1, 0.15) is 36.8 Å². The number of halogens is 1. The zero-order valence-corrected chi connectivity index (χ0v) is 17.6. The molecule has 2 amide bonds. The summed E-state index contributed by atoms with van der Waals surface area (Å²) in [6.45, 7) is 0.416. The fourth-order valence-electron chi connectivity index (χ4n) is 2.93. The second-order valence-corrected chi connectivity index (χ2v) is 6.81. The number of benzene rings is 2. The van der Waals surface area contributed by atoms with E-state index in [-0.39, 0.29) is 12.3 Å². The number of carbonyl (C=O) groups is 2. The number of rotatable bonds is 11. The summed E-state index contributed by atoms with van der Waals surface area (Å²) in [5.41, 5.74) is 3.23. The fraction of sp³-hybridized carbons (Fsp3) is 0.304. The Hall–Kier alpha value is -3.39. The predicted molar refractivity (Wildman–Crippen MR) is 115 cm³/mol. The van der Waals surface area contributed by atoms with Crippen molar-refractivity contribution in [3.05, 3.63) is 59.4 Å². The van der Waals surface area contributed by atoms with Crippen molar-refractivity contribution in [3.8, 4) is 11.5 Å². The Morgan fingerprint density at radius 2 is 1.65 bits per heavy atom. The molecule has 0 spiro atoms. The molecule has 0 radical (unpaired) electrons. The van der Waals surface area contributed by atoms with Gasteiger partial charge in [0.2, 0.25) is 5.91 Å². The molecule has 0 heterocycles. The molecule has 0 saturated carbocycles. The summed E-state index contributed by atoms with van der Waals surface area (Å²) in [7, 11) is 3.08. The van der Waals surface area contributed by atoms with Crippen LogP contribution in [0.5, 0.6) is 11.5 Å². The van der Waals surface area contributed by atoms with Crippen LogP contribution in [0, 0.1) is 5.82 Å². The highest BCUT2D eigenvalue weighted by molar-refractivity contribution is 6.24. The average Bonchev–Trinajstić information content (AvgIpc) is 2.79. The van der Waals surface area contributed by atoms with E-state index >= 15 is 0 Å². The summed E-state index contributed by atoms with van der Waals surface area (Å²) in [5, 5.41) is 11.3. The van der Waals surface area contributed by atoms with Crippen LogP contribution in [0.3, 0.4) is 0 Å². The highest BCUT2D eigenvalue weighted by Gasteiger charge is 2.13. The van der Waals surface area contributed by atoms with Gasteiger partial charge in [-0.1, -0.05) is 18.6 Å². The van der Waals surface area contributed by atoms with E-state index in [0.717, 1.165) is 6.42 Å². The van der Waals surface area contributed by atoms with Crippen molar-refractivity contribution in [1.82, 2.24) is 10.8 Å². The normalized spacial score (nSPS) is 11.0. The summed E-state index contributed by atoms with van der Waals surface area (Å²) >= 11 is 0. The van der Waals surface area contributed by atoms with Gasteiger partial charge in [-0.3, -0.25) is 14.8 Å². The van der Waals surface area contributed by atoms with E-state index in [9.17, 15) is 14.0 Å². The van der Waals surface area contributed by atoms with Crippen molar-refractivity contribution in [2.24, 2.45) is 0 Å². The maximum absolute atomic E-state index is 13.4. The van der Waals surface area contributed by atoms with Crippen molar-refractivity contribution in [3.63, 3.8) is 0 Å². The summed E-state index contributed by atoms with van der Waals surface area (Å²) in [6, 6.07) is 11.0. The Bertz CT molecular complexity index is 890. The Labute approximate surface area is 180 Å². The van der Waals surface area contributed by atoms with Gasteiger partial charge in [0.15, 0.2) is 0 Å². The van der Waals surface area contributed by atoms with E-state index < -0.39 is 11.7 Å². The zero-order valence-electron chi connectivity index (χ0n) is 17.6. The minimum Gasteiger partial charge on any atom is -0.497 e. The van der Waals surface area contributed by atoms with E-state index in [1.807, 2.05) is 0 Å². The van der Waals surface area contributed by atoms with E-state index in [0.29, 0.717) is 47.6 Å². The van der Waals surface area contributed by atoms with Gasteiger partial charge < -0.3 is 14.8 Å². The highest BCUT2D eigenvalue weighted by Crippen LogP contribution is 2.26. The van der Waals surface area contributed by atoms with Crippen molar-refractivity contribution in [2.75, 3.05) is 20.8 Å². The topological polar surface area (TPSA) is 96.9 Å². The van der Waals surface area contributed by atoms with Gasteiger partial charge in [0, 0.05) is 24.6 Å². The first-order valence-electron chi connectivity index (χ1n) is 9.88. The van der Waals surface area contributed by atoms with Crippen LogP contribution >= 0.6 is 0 Å². The van der Waals surface area contributed by atoms with Gasteiger partial charge in [-0.05, 0) is 54.3 Å². The number of nitrogens with one attached hydrogen (secondary N) is 2. The standard InChI is InChI=1S/C23H27FN2O5/c1-30-19-12-16(13-20(15-19)31-2)14-21(17-7-9-18(24)10-8-17)23(28)25-11-5-3-4-6-22(27)26-29/h7-10,12-15,29H,3-6,11H2,1-2H3,(H,25,28)(H,26,27). The van der Waals surface area contributed by atoms with Gasteiger partial charge in [-0.2, -0.15) is 0 Å². The number of hydrogen-bond donors (Lipinski definition) is 3. The fourth-order valence-corrected chi connectivity index (χ4v) is 2.93. The summed E-state index contributed by atoms with van der Waals surface area (Å²) in [5.74, 6) is 0.0343. The Balaban J connectivity index is 2.16. The zero-order chi connectivity index (χ0) is 22.6. The minimum absolute atomic E-state index is 0.225. The third kappa shape index (κ3) is 7.75. The second-order valence-electron chi connectivity index (χ2n) is 6.81. The summed E-state index contributed by atoms with van der Waals surface area (Å²) < 4.78 is 24.0. The molecule has 0 aliphatic carbocycles. The second kappa shape index (κ2) is 12.3. The molecule has 0 aliphatic heterocycles. The van der Waals surface area contributed by atoms with Crippen molar-refractivity contribution in [1.29, 1.82) is 0 Å². The monoisotopic (exact) mass is 430 g/mol. The maximum atomic E-state index is 13.4. The minimum atomic E-state index is -0.431. The Morgan fingerprint density at radius 3 is 2.23 bits per heavy atom. The van der Waals surface area contributed by atoms with Gasteiger partial charge in [-0.25, -0.2) is 9.87 Å². The molecule has 2 aromatic rings. The molecule has 0 aliphatic rings. The number of amides is 2. The lowest BCUT2D eigenvalue weighted by molar-refractivity contribution is -0.129. The maximum Gasteiger partial charge on any atom is 0.251 e. The number of hydrogen-bond acceptors (Lipinski definition) is 5. The van der Waals surface area contributed by atoms with E-state index in [4.69, 9.17) is 14.7 Å². The Morgan fingerprint density at radius 1 is 1.00 bits per heavy atom. The van der Waals surface area contributed by atoms with Gasteiger partial charge in [0.05, 0.1) is 14.2 Å². The molecule has 0 fully saturated rings. The summed E-state index contributed by atoms with van der Waals surface area (Å²) in [6.07, 6.45) is 3.92. The molecule has 3 N–H and O–H groups in total. The number of carbonyl (C=O) groups excluding carboxylic acids is 2. The van der Waals surface area contributed by atoms with Crippen LogP contribution in [0.15, 0.2) is 42.5 Å². The quantitative estimate of drug-likeness (QED) is 0.167. The third-order valence-electron chi connectivity index (χ3n) is 4.58. The predicted octanol–water partition coefficient (Wildman–Crippen LogP) is 3.57. The Kier molecular flexibility index (Phi) is 9.51. The van der Waals surface area contributed by atoms with Crippen LogP contribution in [0.4, 0.5) is 4.39 Å². The van der Waals surface area contributed by atoms with Gasteiger partial charge >= 0.3 is 0 Å². The number of unbranched alkanes of at least 4 members (excludes halogenated alkanes) is 2. The molecule has 2 rings (SSSR count). The van der Waals surface area contributed by atoms with Crippen molar-refractivity contribution >= 4 is 23.5 Å². The lowest BCUT2D eigenvalue weighted by Crippen LogP contribution is -2.25. The first-order valence-corrected chi connectivity index (χ1v) is 9.88. The molecule has 31 heavy (non-hydrogen) atoms. The molecular weight excluding hydrogens is 403 g/mol. The van der Waals surface area contributed by atoms with Crippen molar-refractivity contribution in [2.45, 2.75) is 25.7 Å².